The van der Waals surface area contributed by atoms with Crippen LogP contribution in [0.4, 0.5) is 0 Å². The van der Waals surface area contributed by atoms with Crippen molar-refractivity contribution < 1.29 is 47.6 Å². The smallest absolute Gasteiger partial charge is 0.343 e. The van der Waals surface area contributed by atoms with Crippen molar-refractivity contribution in [2.75, 3.05) is 0 Å². The van der Waals surface area contributed by atoms with Crippen LogP contribution in [0.5, 0.6) is 28.7 Å². The van der Waals surface area contributed by atoms with Gasteiger partial charge in [-0.2, -0.15) is 0 Å². The van der Waals surface area contributed by atoms with Gasteiger partial charge in [0.25, 0.3) is 0 Å². The number of esters is 4. The van der Waals surface area contributed by atoms with Crippen LogP contribution in [0.1, 0.15) is 47.0 Å². The summed E-state index contributed by atoms with van der Waals surface area (Å²) in [5.74, 6) is -5.33. The molecule has 0 unspecified atom stereocenters. The number of hydrogen-bond donors (Lipinski definition) is 1. The Balaban J connectivity index is 1.41. The van der Waals surface area contributed by atoms with E-state index in [-0.39, 0.29) is 73.8 Å². The van der Waals surface area contributed by atoms with E-state index in [1.54, 1.807) is 97.1 Å². The predicted octanol–water partition coefficient (Wildman–Crippen LogP) is 8.77. The highest BCUT2D eigenvalue weighted by atomic mass is 16.6. The molecule has 7 rings (SSSR count). The topological polar surface area (TPSA) is 156 Å². The van der Waals surface area contributed by atoms with Gasteiger partial charge in [-0.1, -0.05) is 78.9 Å². The summed E-state index contributed by atoms with van der Waals surface area (Å²) < 4.78 is 29.1. The van der Waals surface area contributed by atoms with Gasteiger partial charge in [0.2, 0.25) is 11.2 Å². The molecule has 7 aromatic rings. The molecule has 11 nitrogen and oxygen atoms in total. The van der Waals surface area contributed by atoms with Crippen molar-refractivity contribution in [1.82, 2.24) is 0 Å². The van der Waals surface area contributed by atoms with Gasteiger partial charge < -0.3 is 28.5 Å². The maximum absolute atomic E-state index is 14.5. The SMILES string of the molecule is C=CCc1c(OC(=O)c2ccccc2)cc2oc(-c3ccc(OC(=O)c4ccccc4)c(OC(=O)c4ccccc4)c3)c(OC(=O)c3ccccc3)c(=O)c2c1O. The highest BCUT2D eigenvalue weighted by Gasteiger charge is 2.28. The largest absolute Gasteiger partial charge is 0.507 e. The van der Waals surface area contributed by atoms with E-state index >= 15 is 0 Å². The maximum atomic E-state index is 14.5. The average molecular weight is 759 g/mol. The number of phenols is 1. The van der Waals surface area contributed by atoms with Crippen LogP contribution >= 0.6 is 0 Å². The lowest BCUT2D eigenvalue weighted by Gasteiger charge is -2.16. The summed E-state index contributed by atoms with van der Waals surface area (Å²) in [6.07, 6.45) is 1.41. The summed E-state index contributed by atoms with van der Waals surface area (Å²) in [6.45, 7) is 3.72. The van der Waals surface area contributed by atoms with E-state index in [4.69, 9.17) is 23.4 Å². The van der Waals surface area contributed by atoms with E-state index in [0.717, 1.165) is 0 Å². The van der Waals surface area contributed by atoms with Gasteiger partial charge in [0.05, 0.1) is 22.3 Å². The van der Waals surface area contributed by atoms with Crippen LogP contribution < -0.4 is 24.4 Å². The Morgan fingerprint density at radius 2 is 1.00 bits per heavy atom. The van der Waals surface area contributed by atoms with Crippen LogP contribution in [0.2, 0.25) is 0 Å². The number of aromatic hydroxyl groups is 1. The van der Waals surface area contributed by atoms with E-state index in [0.29, 0.717) is 0 Å². The van der Waals surface area contributed by atoms with Crippen molar-refractivity contribution in [3.05, 3.63) is 196 Å². The molecule has 0 aliphatic rings. The van der Waals surface area contributed by atoms with Crippen molar-refractivity contribution >= 4 is 34.8 Å². The van der Waals surface area contributed by atoms with Gasteiger partial charge in [-0.3, -0.25) is 4.79 Å². The molecule has 11 heteroatoms. The number of ether oxygens (including phenoxy) is 4. The number of allylic oxidation sites excluding steroid dienone is 1. The van der Waals surface area contributed by atoms with E-state index in [1.165, 1.54) is 54.6 Å². The minimum atomic E-state index is -0.957. The summed E-state index contributed by atoms with van der Waals surface area (Å²) in [4.78, 5) is 67.5. The van der Waals surface area contributed by atoms with Crippen molar-refractivity contribution in [2.45, 2.75) is 6.42 Å². The van der Waals surface area contributed by atoms with Crippen molar-refractivity contribution in [3.8, 4) is 40.1 Å². The third-order valence-electron chi connectivity index (χ3n) is 8.58. The van der Waals surface area contributed by atoms with Gasteiger partial charge in [0.15, 0.2) is 17.3 Å². The lowest BCUT2D eigenvalue weighted by Crippen LogP contribution is -2.17. The minimum Gasteiger partial charge on any atom is -0.507 e. The Kier molecular flexibility index (Phi) is 10.8. The zero-order valence-electron chi connectivity index (χ0n) is 29.9. The Labute approximate surface area is 324 Å². The van der Waals surface area contributed by atoms with Gasteiger partial charge in [0, 0.05) is 17.2 Å². The fraction of sp³-hybridized carbons (Fsp3) is 0.0217. The molecule has 280 valence electrons. The molecular formula is C46H30O11. The maximum Gasteiger partial charge on any atom is 0.343 e. The van der Waals surface area contributed by atoms with Gasteiger partial charge in [0.1, 0.15) is 22.5 Å². The second-order valence-electron chi connectivity index (χ2n) is 12.3. The second kappa shape index (κ2) is 16.5. The number of carbonyl (C=O) groups is 4. The monoisotopic (exact) mass is 758 g/mol. The van der Waals surface area contributed by atoms with Gasteiger partial charge >= 0.3 is 23.9 Å². The standard InChI is InChI=1S/C46H30O11/c1-2-15-33-35(55-44(50)29-18-9-4-10-19-29)27-37-38(39(33)47)40(48)42(57-46(52)31-22-13-6-14-23-31)41(53-37)32-24-25-34(54-43(49)28-16-7-3-8-17-28)36(26-32)56-45(51)30-20-11-5-12-21-30/h2-14,16-27,47H,1,15H2. The predicted molar refractivity (Wildman–Crippen MR) is 209 cm³/mol. The lowest BCUT2D eigenvalue weighted by atomic mass is 10.0. The van der Waals surface area contributed by atoms with Gasteiger partial charge in [-0.15, -0.1) is 6.58 Å². The van der Waals surface area contributed by atoms with E-state index in [2.05, 4.69) is 6.58 Å². The summed E-state index contributed by atoms with van der Waals surface area (Å²) in [5.41, 5.74) is -0.418. The molecule has 0 saturated carbocycles. The number of phenolic OH excluding ortho intramolecular Hbond substituents is 1. The van der Waals surface area contributed by atoms with Crippen LogP contribution in [0, 0.1) is 0 Å². The Bertz CT molecular complexity index is 2710. The molecule has 1 heterocycles. The average Bonchev–Trinajstić information content (AvgIpc) is 3.24. The molecule has 6 aromatic carbocycles. The third kappa shape index (κ3) is 8.08. The molecule has 0 fully saturated rings. The first-order valence-electron chi connectivity index (χ1n) is 17.4. The first kappa shape index (κ1) is 37.3. The third-order valence-corrected chi connectivity index (χ3v) is 8.58. The summed E-state index contributed by atoms with van der Waals surface area (Å²) >= 11 is 0. The molecule has 0 amide bonds. The molecule has 0 aliphatic carbocycles. The van der Waals surface area contributed by atoms with Crippen LogP contribution in [0.3, 0.4) is 0 Å². The summed E-state index contributed by atoms with van der Waals surface area (Å²) in [7, 11) is 0. The quantitative estimate of drug-likeness (QED) is 0.0764. The van der Waals surface area contributed by atoms with E-state index in [9.17, 15) is 29.1 Å². The van der Waals surface area contributed by atoms with Crippen LogP contribution in [-0.4, -0.2) is 29.0 Å². The zero-order chi connectivity index (χ0) is 39.9. The number of carbonyl (C=O) groups excluding carboxylic acids is 4. The summed E-state index contributed by atoms with van der Waals surface area (Å²) in [6, 6.07) is 37.4. The molecular weight excluding hydrogens is 728 g/mol. The van der Waals surface area contributed by atoms with E-state index in [1.807, 2.05) is 0 Å². The Hall–Kier alpha value is -8.05. The first-order chi connectivity index (χ1) is 27.7. The Morgan fingerprint density at radius 1 is 0.561 bits per heavy atom. The summed E-state index contributed by atoms with van der Waals surface area (Å²) in [5, 5.41) is 11.2. The highest BCUT2D eigenvalue weighted by molar-refractivity contribution is 5.97. The van der Waals surface area contributed by atoms with E-state index < -0.39 is 40.8 Å². The molecule has 0 radical (unpaired) electrons. The molecule has 0 aliphatic heterocycles. The molecule has 1 N–H and O–H groups in total. The van der Waals surface area contributed by atoms with Crippen molar-refractivity contribution in [3.63, 3.8) is 0 Å². The van der Waals surface area contributed by atoms with Gasteiger partial charge in [-0.05, 0) is 73.2 Å². The number of rotatable bonds is 11. The molecule has 0 atom stereocenters. The lowest BCUT2D eigenvalue weighted by molar-refractivity contribution is 0.0682. The minimum absolute atomic E-state index is 0.0257. The molecule has 0 bridgehead atoms. The van der Waals surface area contributed by atoms with Crippen molar-refractivity contribution in [2.24, 2.45) is 0 Å². The fourth-order valence-electron chi connectivity index (χ4n) is 5.79. The highest BCUT2D eigenvalue weighted by Crippen LogP contribution is 2.42. The molecule has 1 aromatic heterocycles. The Morgan fingerprint density at radius 3 is 1.47 bits per heavy atom. The molecule has 0 saturated heterocycles. The number of fused-ring (bicyclic) bond motifs is 1. The first-order valence-corrected chi connectivity index (χ1v) is 17.4. The fourth-order valence-corrected chi connectivity index (χ4v) is 5.79. The normalized spacial score (nSPS) is 10.7. The molecule has 57 heavy (non-hydrogen) atoms. The van der Waals surface area contributed by atoms with Crippen LogP contribution in [-0.2, 0) is 6.42 Å². The van der Waals surface area contributed by atoms with Gasteiger partial charge in [-0.25, -0.2) is 19.2 Å². The number of hydrogen-bond acceptors (Lipinski definition) is 11. The number of benzene rings is 6. The van der Waals surface area contributed by atoms with Crippen molar-refractivity contribution in [1.29, 1.82) is 0 Å². The molecule has 0 spiro atoms. The second-order valence-corrected chi connectivity index (χ2v) is 12.3. The van der Waals surface area contributed by atoms with Crippen LogP contribution in [0.15, 0.2) is 167 Å². The zero-order valence-corrected chi connectivity index (χ0v) is 29.9. The van der Waals surface area contributed by atoms with Crippen LogP contribution in [0.25, 0.3) is 22.3 Å².